The van der Waals surface area contributed by atoms with Crippen molar-refractivity contribution >= 4 is 39.9 Å². The lowest BCUT2D eigenvalue weighted by molar-refractivity contribution is -0.0812. The minimum Gasteiger partial charge on any atom is -0.469 e. The van der Waals surface area contributed by atoms with Crippen LogP contribution in [-0.2, 0) is 4.74 Å². The first-order valence-corrected chi connectivity index (χ1v) is 12.0. The van der Waals surface area contributed by atoms with E-state index in [1.54, 1.807) is 6.20 Å². The number of pyridine rings is 2. The highest BCUT2D eigenvalue weighted by molar-refractivity contribution is 6.31. The molecule has 3 aliphatic rings. The Labute approximate surface area is 206 Å². The van der Waals surface area contributed by atoms with Crippen LogP contribution >= 0.6 is 11.6 Å². The number of nitrogens with zero attached hydrogens (tertiary/aromatic N) is 2. The molecule has 1 saturated heterocycles. The molecule has 2 unspecified atom stereocenters. The number of H-pyrrole nitrogens is 1. The first kappa shape index (κ1) is 20.7. The Morgan fingerprint density at radius 1 is 1.20 bits per heavy atom. The summed E-state index contributed by atoms with van der Waals surface area (Å²) >= 11 is 6.40. The van der Waals surface area contributed by atoms with Gasteiger partial charge >= 0.3 is 0 Å². The summed E-state index contributed by atoms with van der Waals surface area (Å²) in [6.07, 6.45) is 2.70. The van der Waals surface area contributed by atoms with Crippen molar-refractivity contribution in [3.63, 3.8) is 0 Å². The van der Waals surface area contributed by atoms with Gasteiger partial charge in [-0.1, -0.05) is 17.7 Å². The fourth-order valence-electron chi connectivity index (χ4n) is 4.88. The monoisotopic (exact) mass is 487 g/mol. The molecule has 3 N–H and O–H groups in total. The van der Waals surface area contributed by atoms with E-state index in [1.165, 1.54) is 0 Å². The van der Waals surface area contributed by atoms with Crippen molar-refractivity contribution in [1.82, 2.24) is 20.3 Å². The molecule has 0 radical (unpaired) electrons. The van der Waals surface area contributed by atoms with E-state index in [4.69, 9.17) is 26.1 Å². The number of amides is 1. The average Bonchev–Trinajstić information content (AvgIpc) is 3.50. The highest BCUT2D eigenvalue weighted by Crippen LogP contribution is 2.50. The van der Waals surface area contributed by atoms with E-state index < -0.39 is 0 Å². The molecule has 0 spiro atoms. The lowest BCUT2D eigenvalue weighted by atomic mass is 10.0. The van der Waals surface area contributed by atoms with Gasteiger partial charge < -0.3 is 25.1 Å². The molecule has 4 aromatic rings. The molecular weight excluding hydrogens is 466 g/mol. The first-order valence-electron chi connectivity index (χ1n) is 11.7. The van der Waals surface area contributed by atoms with Crippen LogP contribution in [-0.4, -0.2) is 46.2 Å². The van der Waals surface area contributed by atoms with Crippen molar-refractivity contribution in [2.24, 2.45) is 0 Å². The Morgan fingerprint density at radius 3 is 2.91 bits per heavy atom. The maximum Gasteiger partial charge on any atom is 0.255 e. The van der Waals surface area contributed by atoms with Crippen molar-refractivity contribution in [2.75, 3.05) is 18.5 Å². The molecular formula is C26H22ClN5O3. The Balaban J connectivity index is 1.41. The number of nitrogens with one attached hydrogen (secondary N) is 3. The van der Waals surface area contributed by atoms with Crippen LogP contribution in [0.25, 0.3) is 22.3 Å². The topological polar surface area (TPSA) is 101 Å². The van der Waals surface area contributed by atoms with Gasteiger partial charge in [-0.2, -0.15) is 0 Å². The van der Waals surface area contributed by atoms with E-state index in [0.717, 1.165) is 40.1 Å². The van der Waals surface area contributed by atoms with E-state index in [1.807, 2.05) is 43.3 Å². The zero-order valence-corrected chi connectivity index (χ0v) is 19.6. The van der Waals surface area contributed by atoms with Crippen LogP contribution in [0.3, 0.4) is 0 Å². The minimum absolute atomic E-state index is 0.0106. The summed E-state index contributed by atoms with van der Waals surface area (Å²) in [4.78, 5) is 26.0. The number of aromatic nitrogens is 3. The molecule has 1 saturated carbocycles. The van der Waals surface area contributed by atoms with Crippen LogP contribution in [0.2, 0.25) is 5.02 Å². The fourth-order valence-corrected chi connectivity index (χ4v) is 5.05. The summed E-state index contributed by atoms with van der Waals surface area (Å²) in [5.74, 6) is 0.733. The molecule has 3 aromatic heterocycles. The molecule has 1 aliphatic carbocycles. The van der Waals surface area contributed by atoms with Gasteiger partial charge in [0.25, 0.3) is 5.91 Å². The van der Waals surface area contributed by atoms with Crippen molar-refractivity contribution in [1.29, 1.82) is 0 Å². The van der Waals surface area contributed by atoms with Gasteiger partial charge in [0.15, 0.2) is 0 Å². The molecule has 1 amide bonds. The first-order chi connectivity index (χ1) is 17.1. The van der Waals surface area contributed by atoms with Crippen molar-refractivity contribution in [2.45, 2.75) is 31.4 Å². The molecule has 2 atom stereocenters. The van der Waals surface area contributed by atoms with Gasteiger partial charge in [0.05, 0.1) is 35.7 Å². The van der Waals surface area contributed by atoms with Gasteiger partial charge in [0, 0.05) is 46.2 Å². The smallest absolute Gasteiger partial charge is 0.255 e. The molecule has 2 aliphatic heterocycles. The number of ether oxygens (including phenoxy) is 2. The summed E-state index contributed by atoms with van der Waals surface area (Å²) in [7, 11) is 0. The van der Waals surface area contributed by atoms with Crippen LogP contribution in [0, 0.1) is 6.92 Å². The summed E-state index contributed by atoms with van der Waals surface area (Å²) in [5.41, 5.74) is 7.13. The van der Waals surface area contributed by atoms with Gasteiger partial charge in [0.2, 0.25) is 5.88 Å². The van der Waals surface area contributed by atoms with Crippen LogP contribution in [0.5, 0.6) is 5.88 Å². The number of benzene rings is 1. The zero-order valence-electron chi connectivity index (χ0n) is 18.9. The van der Waals surface area contributed by atoms with E-state index in [-0.39, 0.29) is 24.0 Å². The highest BCUT2D eigenvalue weighted by atomic mass is 35.5. The number of rotatable bonds is 5. The maximum absolute atomic E-state index is 13.2. The number of halogens is 1. The highest BCUT2D eigenvalue weighted by Gasteiger charge is 2.48. The zero-order chi connectivity index (χ0) is 23.7. The van der Waals surface area contributed by atoms with Crippen LogP contribution < -0.4 is 15.4 Å². The second-order valence-electron chi connectivity index (χ2n) is 9.28. The van der Waals surface area contributed by atoms with Crippen LogP contribution in [0.15, 0.2) is 42.6 Å². The summed E-state index contributed by atoms with van der Waals surface area (Å²) < 4.78 is 11.2. The van der Waals surface area contributed by atoms with Gasteiger partial charge in [-0.25, -0.2) is 4.98 Å². The van der Waals surface area contributed by atoms with E-state index in [2.05, 4.69) is 20.6 Å². The number of hydrogen-bond donors (Lipinski definition) is 3. The number of aromatic amines is 1. The third kappa shape index (κ3) is 3.36. The molecule has 176 valence electrons. The quantitative estimate of drug-likeness (QED) is 0.377. The van der Waals surface area contributed by atoms with Crippen molar-refractivity contribution in [3.05, 3.63) is 64.4 Å². The molecule has 7 rings (SSSR count). The Kier molecular flexibility index (Phi) is 4.56. The van der Waals surface area contributed by atoms with Crippen LogP contribution in [0.4, 0.5) is 11.4 Å². The summed E-state index contributed by atoms with van der Waals surface area (Å²) in [5, 5.41) is 7.30. The lowest BCUT2D eigenvalue weighted by Crippen LogP contribution is -2.38. The number of fused-ring (bicyclic) bond motifs is 4. The maximum atomic E-state index is 13.2. The number of hydrogen-bond acceptors (Lipinski definition) is 6. The molecule has 0 bridgehead atoms. The molecule has 8 nitrogen and oxygen atoms in total. The standard InChI is InChI=1S/C26H22ClN5O3/c1-12-16(27)3-2-4-17(12)29-25-21-23(15-9-19(15)30-26(21)33)32-24(25)14-7-8-28-18-5-6-20(31-22(14)18)35-13-10-34-11-13/h2-8,13,15,19,29,32H,9-11H2,1H3,(H,30,33). The third-order valence-electron chi connectivity index (χ3n) is 6.98. The van der Waals surface area contributed by atoms with E-state index >= 15 is 0 Å². The molecule has 2 fully saturated rings. The number of carbonyl (C=O) groups is 1. The molecule has 35 heavy (non-hydrogen) atoms. The molecule has 5 heterocycles. The normalized spacial score (nSPS) is 20.6. The van der Waals surface area contributed by atoms with E-state index in [0.29, 0.717) is 40.9 Å². The predicted molar refractivity (Wildman–Crippen MR) is 133 cm³/mol. The molecule has 9 heteroatoms. The molecule has 1 aromatic carbocycles. The van der Waals surface area contributed by atoms with Gasteiger partial charge in [0.1, 0.15) is 11.6 Å². The average molecular weight is 488 g/mol. The summed E-state index contributed by atoms with van der Waals surface area (Å²) in [6, 6.07) is 11.5. The van der Waals surface area contributed by atoms with Gasteiger partial charge in [-0.15, -0.1) is 0 Å². The predicted octanol–water partition coefficient (Wildman–Crippen LogP) is 4.71. The van der Waals surface area contributed by atoms with Gasteiger partial charge in [-0.3, -0.25) is 9.78 Å². The summed E-state index contributed by atoms with van der Waals surface area (Å²) in [6.45, 7) is 3.08. The van der Waals surface area contributed by atoms with Crippen LogP contribution in [0.1, 0.15) is 34.0 Å². The number of anilines is 2. The van der Waals surface area contributed by atoms with Crippen molar-refractivity contribution < 1.29 is 14.3 Å². The third-order valence-corrected chi connectivity index (χ3v) is 7.39. The second-order valence-corrected chi connectivity index (χ2v) is 9.68. The SMILES string of the molecule is Cc1c(Cl)cccc1Nc1c(-c2ccnc3ccc(OC4COC4)nc23)[nH]c2c1C(=O)NC1CC21. The lowest BCUT2D eigenvalue weighted by Gasteiger charge is -2.26. The van der Waals surface area contributed by atoms with Crippen molar-refractivity contribution in [3.8, 4) is 17.1 Å². The Bertz CT molecular complexity index is 1510. The van der Waals surface area contributed by atoms with Gasteiger partial charge in [-0.05, 0) is 43.2 Å². The Morgan fingerprint density at radius 2 is 2.09 bits per heavy atom. The largest absolute Gasteiger partial charge is 0.469 e. The number of carbonyl (C=O) groups excluding carboxylic acids is 1. The fraction of sp³-hybridized carbons (Fsp3) is 0.269. The van der Waals surface area contributed by atoms with E-state index in [9.17, 15) is 4.79 Å². The Hall–Kier alpha value is -3.62. The second kappa shape index (κ2) is 7.69. The minimum atomic E-state index is -0.0799.